The molecule has 0 N–H and O–H groups in total. The summed E-state index contributed by atoms with van der Waals surface area (Å²) in [6.07, 6.45) is 39.7. The molecule has 14 aliphatic rings. The van der Waals surface area contributed by atoms with Crippen molar-refractivity contribution in [2.75, 3.05) is 253 Å². The van der Waals surface area contributed by atoms with Crippen molar-refractivity contribution in [1.29, 1.82) is 0 Å². The summed E-state index contributed by atoms with van der Waals surface area (Å²) < 4.78 is 10.5. The van der Waals surface area contributed by atoms with Crippen LogP contribution in [0.4, 0.5) is 0 Å². The highest BCUT2D eigenvalue weighted by atomic mass is 16.5. The van der Waals surface area contributed by atoms with E-state index in [9.17, 15) is 0 Å². The van der Waals surface area contributed by atoms with Crippen molar-refractivity contribution in [3.05, 3.63) is 47.6 Å². The Morgan fingerprint density at radius 2 is 0.538 bits per heavy atom. The summed E-state index contributed by atoms with van der Waals surface area (Å²) in [7, 11) is 17.7. The smallest absolute Gasteiger partial charge is 0.0594 e. The van der Waals surface area contributed by atoms with Crippen LogP contribution in [0.3, 0.4) is 0 Å². The number of morpholine rings is 1. The van der Waals surface area contributed by atoms with Gasteiger partial charge in [-0.15, -0.1) is 0 Å². The lowest BCUT2D eigenvalue weighted by Crippen LogP contribution is -2.52. The van der Waals surface area contributed by atoms with Crippen LogP contribution in [0.5, 0.6) is 0 Å². The predicted octanol–water partition coefficient (Wildman–Crippen LogP) is 28.0. The first-order chi connectivity index (χ1) is 65.2. The Bertz CT molecular complexity index is 3190. The lowest BCUT2D eigenvalue weighted by Gasteiger charge is -2.41. The molecule has 14 heterocycles. The fourth-order valence-corrected chi connectivity index (χ4v) is 21.7. The quantitative estimate of drug-likeness (QED) is 0.216. The topological polar surface area (TPSA) is 63.8 Å². The van der Waals surface area contributed by atoms with Gasteiger partial charge in [-0.2, -0.15) is 0 Å². The molecule has 0 aromatic carbocycles. The van der Waals surface area contributed by atoms with Gasteiger partial charge in [-0.3, -0.25) is 34.3 Å². The van der Waals surface area contributed by atoms with Crippen LogP contribution in [-0.4, -0.2) is 367 Å². The highest BCUT2D eigenvalue weighted by Crippen LogP contribution is 2.39. The van der Waals surface area contributed by atoms with Crippen LogP contribution in [0.15, 0.2) is 47.6 Å². The van der Waals surface area contributed by atoms with E-state index < -0.39 is 0 Å². The monoisotopic (exact) mass is 2010 g/mol. The first-order valence-corrected chi connectivity index (χ1v) is 59.0. The lowest BCUT2D eigenvalue weighted by molar-refractivity contribution is -0.00389. The highest BCUT2D eigenvalue weighted by Gasteiger charge is 2.37. The molecule has 4 unspecified atom stereocenters. The Morgan fingerprint density at radius 3 is 0.825 bits per heavy atom. The number of piperazine rings is 1. The summed E-state index contributed by atoms with van der Waals surface area (Å²) in [5, 5.41) is 0. The summed E-state index contributed by atoms with van der Waals surface area (Å²) in [4.78, 5) is 34.5. The fraction of sp³-hybridized carbons (Fsp3) is 0.937. The maximum absolute atomic E-state index is 5.29. The van der Waals surface area contributed by atoms with Crippen molar-refractivity contribution in [2.45, 2.75) is 458 Å². The zero-order chi connectivity index (χ0) is 110. The van der Waals surface area contributed by atoms with Crippen molar-refractivity contribution in [2.24, 2.45) is 67.0 Å². The predicted molar refractivity (Wildman–Crippen MR) is 639 cm³/mol. The van der Waals surface area contributed by atoms with E-state index >= 15 is 0 Å². The second kappa shape index (κ2) is 64.6. The standard InChI is InChI=1S/C10H21N.C10H19N.2C10H21N.C9H20N2.C9H19N.C9H17N.2C9H19N.C9H17N.C9H18O.C8H17NO.C8H17N.C8H15N/c2*1-10(2,3)9-5-7-11(4)8-6-9;1-10(2,3)9-6-5-7-11(4)8-9;1-10(2,3)9-7-5-6-8-11(9)4;1-9(2,3)11-7-5-10(4)6-8-11;2*1-9(2,3)8-5-6-10(4)7-8;1-9(2,3)8-6-5-7-10(8)4;2*1-9(2,3)10-7-5-4-6-8-10;1-9(2,3)8-4-6-10-7-5-8;1-8(2,3)9-4-6-10-7-5-9;2*1-8(2,3)9-6-4-5-7-9/h9H,5-8H2,1-4H3;5H,6-8H2,1-4H3;2*9H,5-8H2,1-4H3;5-8H2,1-4H3;8H,5-7H2,1-4H3;5H,6-7H2,1-4H3;8H,5-7H2,1-4H3;4-8H2,1-3H3;4-5H,6-8H2,1-3H3;8H,4-7H2,1-3H3;4-7H2,1-3H3;4-7H2,1-3H3;4-5H,6-7H2,1-3H3. The Labute approximate surface area is 898 Å². The van der Waals surface area contributed by atoms with Gasteiger partial charge < -0.3 is 43.8 Å². The van der Waals surface area contributed by atoms with Crippen LogP contribution in [0.2, 0.25) is 0 Å². The van der Waals surface area contributed by atoms with Gasteiger partial charge in [0.2, 0.25) is 0 Å². The van der Waals surface area contributed by atoms with Crippen molar-refractivity contribution in [3.63, 3.8) is 0 Å². The first kappa shape index (κ1) is 139. The van der Waals surface area contributed by atoms with Crippen LogP contribution in [0.1, 0.15) is 413 Å². The molecule has 0 aliphatic carbocycles. The van der Waals surface area contributed by atoms with Crippen molar-refractivity contribution in [3.8, 4) is 0 Å². The maximum atomic E-state index is 5.29. The second-order valence-electron chi connectivity index (χ2n) is 60.5. The average molecular weight is 2020 g/mol. The van der Waals surface area contributed by atoms with Gasteiger partial charge in [-0.05, 0) is 423 Å². The molecule has 0 aromatic rings. The minimum Gasteiger partial charge on any atom is -0.381 e. The van der Waals surface area contributed by atoms with Crippen molar-refractivity contribution < 1.29 is 9.47 Å². The van der Waals surface area contributed by atoms with E-state index in [2.05, 4.69) is 452 Å². The van der Waals surface area contributed by atoms with Gasteiger partial charge in [0.1, 0.15) is 0 Å². The third-order valence-corrected chi connectivity index (χ3v) is 33.1. The Kier molecular flexibility index (Phi) is 62.9. The number of nitrogens with zero attached hydrogens (tertiary/aromatic N) is 14. The molecule has 16 heteroatoms. The summed E-state index contributed by atoms with van der Waals surface area (Å²) in [6.45, 7) is 133. The van der Waals surface area contributed by atoms with Crippen LogP contribution >= 0.6 is 0 Å². The zero-order valence-corrected chi connectivity index (χ0v) is 107. The Balaban J connectivity index is 0.000000770. The average Bonchev–Trinajstić information content (AvgIpc) is 1.81. The number of piperidine rings is 4. The molecule has 16 nitrogen and oxygen atoms in total. The van der Waals surface area contributed by atoms with Gasteiger partial charge >= 0.3 is 0 Å². The van der Waals surface area contributed by atoms with Crippen LogP contribution in [0, 0.1) is 67.0 Å². The highest BCUT2D eigenvalue weighted by molar-refractivity contribution is 5.18. The van der Waals surface area contributed by atoms with Gasteiger partial charge in [0.15, 0.2) is 0 Å². The van der Waals surface area contributed by atoms with Gasteiger partial charge in [-0.1, -0.05) is 227 Å². The molecule has 4 atom stereocenters. The number of likely N-dealkylation sites (tertiary alicyclic amines) is 7. The van der Waals surface area contributed by atoms with Gasteiger partial charge in [0, 0.05) is 163 Å². The second-order valence-corrected chi connectivity index (χ2v) is 60.5. The van der Waals surface area contributed by atoms with Crippen LogP contribution in [-0.2, 0) is 9.47 Å². The molecular formula is C127H260N14O2. The molecule has 0 saturated carbocycles. The van der Waals surface area contributed by atoms with Gasteiger partial charge in [-0.25, -0.2) is 0 Å². The summed E-state index contributed by atoms with van der Waals surface area (Å²) in [6, 6.07) is 1.61. The summed E-state index contributed by atoms with van der Waals surface area (Å²) in [5.41, 5.74) is 9.17. The zero-order valence-electron chi connectivity index (χ0n) is 107. The summed E-state index contributed by atoms with van der Waals surface area (Å²) >= 11 is 0. The number of hydrogen-bond acceptors (Lipinski definition) is 16. The molecule has 0 aromatic heterocycles. The molecule has 143 heavy (non-hydrogen) atoms. The SMILES string of the molecule is CC(C)(C)C1CCOCC1.CC(C)(C)N1CC=CC1.CC(C)(C)N1CC=CCC1.CC(C)(C)N1CCCC1.CC(C)(C)N1CCCCC1.CC(C)(C)N1CCOCC1.CN1CC=C(C(C)(C)C)C1.CN1CC=C(C(C)(C)C)CC1.CN1CCC(C(C)(C)C)C1.CN1CCC(C(C)(C)C)CC1.CN1CCCC(C(C)(C)C)C1.CN1CCCC1C(C)(C)C.CN1CCCCC1C(C)(C)C.CN1CCN(C(C)(C)C)CC1. The maximum Gasteiger partial charge on any atom is 0.0594 e. The fourth-order valence-electron chi connectivity index (χ4n) is 21.7. The van der Waals surface area contributed by atoms with E-state index in [4.69, 9.17) is 9.47 Å². The number of likely N-dealkylation sites (N-methyl/N-ethyl adjacent to an activating group) is 3. The van der Waals surface area contributed by atoms with Crippen molar-refractivity contribution >= 4 is 0 Å². The van der Waals surface area contributed by atoms with Gasteiger partial charge in [0.25, 0.3) is 0 Å². The van der Waals surface area contributed by atoms with Crippen LogP contribution < -0.4 is 0 Å². The largest absolute Gasteiger partial charge is 0.381 e. The molecule has 14 rings (SSSR count). The van der Waals surface area contributed by atoms with E-state index in [1.54, 1.807) is 11.1 Å². The minimum absolute atomic E-state index is 0.323. The van der Waals surface area contributed by atoms with E-state index in [0.717, 1.165) is 115 Å². The molecule has 0 amide bonds. The number of rotatable bonds is 0. The third kappa shape index (κ3) is 62.5. The molecule has 850 valence electrons. The Hall–Kier alpha value is -1.68. The normalized spacial score (nSPS) is 24.5. The van der Waals surface area contributed by atoms with E-state index in [1.165, 1.54) is 240 Å². The molecule has 10 saturated heterocycles. The van der Waals surface area contributed by atoms with Crippen LogP contribution in [0.25, 0.3) is 0 Å². The third-order valence-electron chi connectivity index (χ3n) is 33.1. The minimum atomic E-state index is 0.323. The number of ether oxygens (including phenoxy) is 2. The molecule has 0 spiro atoms. The van der Waals surface area contributed by atoms with Gasteiger partial charge in [0.05, 0.1) is 13.2 Å². The molecule has 0 radical (unpaired) electrons. The first-order valence-electron chi connectivity index (χ1n) is 59.0. The molecule has 0 bridgehead atoms. The van der Waals surface area contributed by atoms with E-state index in [0.29, 0.717) is 76.6 Å². The van der Waals surface area contributed by atoms with E-state index in [-0.39, 0.29) is 0 Å². The molecular weight excluding hydrogens is 1750 g/mol. The Morgan fingerprint density at radius 1 is 0.217 bits per heavy atom. The number of hydrogen-bond donors (Lipinski definition) is 0. The van der Waals surface area contributed by atoms with Crippen molar-refractivity contribution in [1.82, 2.24) is 68.6 Å². The van der Waals surface area contributed by atoms with E-state index in [1.807, 2.05) is 0 Å². The molecule has 10 fully saturated rings. The lowest BCUT2D eigenvalue weighted by atomic mass is 9.75. The molecule has 14 aliphatic heterocycles. The summed E-state index contributed by atoms with van der Waals surface area (Å²) in [5.74, 6) is 3.64.